The smallest absolute Gasteiger partial charge is 0.308 e. The molecule has 0 spiro atoms. The third-order valence-electron chi connectivity index (χ3n) is 1.73. The summed E-state index contributed by atoms with van der Waals surface area (Å²) >= 11 is 5.59. The summed E-state index contributed by atoms with van der Waals surface area (Å²) in [5.74, 6) is -1.36. The van der Waals surface area contributed by atoms with E-state index in [0.717, 1.165) is 6.20 Å². The summed E-state index contributed by atoms with van der Waals surface area (Å²) in [5, 5.41) is 8.18. The van der Waals surface area contributed by atoms with Crippen LogP contribution in [0, 0.1) is 0 Å². The van der Waals surface area contributed by atoms with Crippen molar-refractivity contribution < 1.29 is 18.7 Å². The van der Waals surface area contributed by atoms with Crippen LogP contribution in [0.2, 0.25) is 5.02 Å². The number of halogens is 3. The second-order valence-corrected chi connectivity index (χ2v) is 3.14. The SMILES string of the molecule is Nc1ncc(C(F)F)c(Cl)c1CC(=O)O. The summed E-state index contributed by atoms with van der Waals surface area (Å²) in [6, 6.07) is 0. The highest BCUT2D eigenvalue weighted by atomic mass is 35.5. The second-order valence-electron chi connectivity index (χ2n) is 2.76. The molecule has 0 amide bonds. The molecule has 0 saturated heterocycles. The van der Waals surface area contributed by atoms with Gasteiger partial charge in [-0.2, -0.15) is 0 Å². The van der Waals surface area contributed by atoms with E-state index >= 15 is 0 Å². The van der Waals surface area contributed by atoms with Gasteiger partial charge in [0.1, 0.15) is 5.82 Å². The average Bonchev–Trinajstić information content (AvgIpc) is 2.11. The molecule has 0 aliphatic heterocycles. The molecule has 7 heteroatoms. The maximum atomic E-state index is 12.4. The van der Waals surface area contributed by atoms with Crippen molar-refractivity contribution in [2.24, 2.45) is 0 Å². The van der Waals surface area contributed by atoms with E-state index in [4.69, 9.17) is 22.4 Å². The fraction of sp³-hybridized carbons (Fsp3) is 0.250. The van der Waals surface area contributed by atoms with Crippen molar-refractivity contribution in [2.45, 2.75) is 12.8 Å². The molecule has 82 valence electrons. The Kier molecular flexibility index (Phi) is 3.41. The Labute approximate surface area is 88.7 Å². The largest absolute Gasteiger partial charge is 0.481 e. The molecule has 1 aromatic heterocycles. The Balaban J connectivity index is 3.23. The molecule has 0 unspecified atom stereocenters. The van der Waals surface area contributed by atoms with Crippen molar-refractivity contribution >= 4 is 23.4 Å². The zero-order valence-electron chi connectivity index (χ0n) is 7.38. The number of rotatable bonds is 3. The first-order valence-corrected chi connectivity index (χ1v) is 4.24. The Morgan fingerprint density at radius 3 is 2.73 bits per heavy atom. The lowest BCUT2D eigenvalue weighted by molar-refractivity contribution is -0.136. The van der Waals surface area contributed by atoms with Crippen LogP contribution < -0.4 is 5.73 Å². The number of anilines is 1. The predicted molar refractivity (Wildman–Crippen MR) is 50.0 cm³/mol. The molecule has 0 bridgehead atoms. The van der Waals surface area contributed by atoms with Crippen LogP contribution in [-0.4, -0.2) is 16.1 Å². The van der Waals surface area contributed by atoms with Crippen molar-refractivity contribution in [3.63, 3.8) is 0 Å². The van der Waals surface area contributed by atoms with Gasteiger partial charge in [0.05, 0.1) is 17.0 Å². The van der Waals surface area contributed by atoms with Gasteiger partial charge < -0.3 is 10.8 Å². The quantitative estimate of drug-likeness (QED) is 0.840. The maximum Gasteiger partial charge on any atom is 0.308 e. The Hall–Kier alpha value is -1.43. The summed E-state index contributed by atoms with van der Waals surface area (Å²) in [6.45, 7) is 0. The summed E-state index contributed by atoms with van der Waals surface area (Å²) in [6.07, 6.45) is -2.50. The number of alkyl halides is 2. The highest BCUT2D eigenvalue weighted by Gasteiger charge is 2.19. The first kappa shape index (κ1) is 11.6. The van der Waals surface area contributed by atoms with Crippen LogP contribution in [0.3, 0.4) is 0 Å². The lowest BCUT2D eigenvalue weighted by atomic mass is 10.1. The number of nitrogen functional groups attached to an aromatic ring is 1. The lowest BCUT2D eigenvalue weighted by Crippen LogP contribution is -2.07. The van der Waals surface area contributed by atoms with Crippen molar-refractivity contribution in [1.82, 2.24) is 4.98 Å². The molecule has 0 aromatic carbocycles. The van der Waals surface area contributed by atoms with Crippen LogP contribution >= 0.6 is 11.6 Å². The van der Waals surface area contributed by atoms with E-state index in [1.165, 1.54) is 0 Å². The molecule has 3 N–H and O–H groups in total. The Bertz CT molecular complexity index is 398. The maximum absolute atomic E-state index is 12.4. The van der Waals surface area contributed by atoms with Crippen LogP contribution in [0.25, 0.3) is 0 Å². The molecule has 0 fully saturated rings. The van der Waals surface area contributed by atoms with Gasteiger partial charge in [0.2, 0.25) is 0 Å². The lowest BCUT2D eigenvalue weighted by Gasteiger charge is -2.09. The predicted octanol–water partition coefficient (Wildman–Crippen LogP) is 1.88. The van der Waals surface area contributed by atoms with Gasteiger partial charge in [0.25, 0.3) is 6.43 Å². The Morgan fingerprint density at radius 2 is 2.27 bits per heavy atom. The van der Waals surface area contributed by atoms with Gasteiger partial charge in [-0.05, 0) is 0 Å². The van der Waals surface area contributed by atoms with E-state index < -0.39 is 24.4 Å². The average molecular weight is 237 g/mol. The Morgan fingerprint density at radius 1 is 1.67 bits per heavy atom. The molecule has 1 rings (SSSR count). The minimum atomic E-state index is -2.81. The van der Waals surface area contributed by atoms with Crippen LogP contribution in [0.15, 0.2) is 6.20 Å². The van der Waals surface area contributed by atoms with E-state index in [0.29, 0.717) is 0 Å². The molecule has 0 saturated carbocycles. The zero-order chi connectivity index (χ0) is 11.6. The monoisotopic (exact) mass is 236 g/mol. The highest BCUT2D eigenvalue weighted by molar-refractivity contribution is 6.32. The molecule has 4 nitrogen and oxygen atoms in total. The molecular formula is C8H7ClF2N2O2. The highest BCUT2D eigenvalue weighted by Crippen LogP contribution is 2.31. The molecule has 1 heterocycles. The van der Waals surface area contributed by atoms with Gasteiger partial charge in [0.15, 0.2) is 0 Å². The number of nitrogens with two attached hydrogens (primary N) is 1. The van der Waals surface area contributed by atoms with E-state index in [2.05, 4.69) is 4.98 Å². The molecule has 0 aliphatic rings. The van der Waals surface area contributed by atoms with Crippen molar-refractivity contribution in [3.8, 4) is 0 Å². The number of hydrogen-bond donors (Lipinski definition) is 2. The van der Waals surface area contributed by atoms with E-state index in [1.54, 1.807) is 0 Å². The minimum absolute atomic E-state index is 0.0815. The summed E-state index contributed by atoms with van der Waals surface area (Å²) in [7, 11) is 0. The van der Waals surface area contributed by atoms with Gasteiger partial charge in [-0.3, -0.25) is 4.79 Å². The van der Waals surface area contributed by atoms with Crippen LogP contribution in [0.4, 0.5) is 14.6 Å². The van der Waals surface area contributed by atoms with Gasteiger partial charge in [-0.1, -0.05) is 11.6 Å². The number of nitrogens with zero attached hydrogens (tertiary/aromatic N) is 1. The first-order chi connectivity index (χ1) is 6.93. The van der Waals surface area contributed by atoms with E-state index in [9.17, 15) is 13.6 Å². The fourth-order valence-corrected chi connectivity index (χ4v) is 1.33. The van der Waals surface area contributed by atoms with E-state index in [-0.39, 0.29) is 16.4 Å². The van der Waals surface area contributed by atoms with Gasteiger partial charge >= 0.3 is 5.97 Å². The number of carboxylic acid groups (broad SMARTS) is 1. The number of carboxylic acids is 1. The second kappa shape index (κ2) is 4.39. The molecule has 1 aromatic rings. The first-order valence-electron chi connectivity index (χ1n) is 3.86. The normalized spacial score (nSPS) is 10.7. The molecule has 15 heavy (non-hydrogen) atoms. The summed E-state index contributed by atoms with van der Waals surface area (Å²) in [5.41, 5.74) is 4.74. The van der Waals surface area contributed by atoms with Crippen LogP contribution in [0.5, 0.6) is 0 Å². The van der Waals surface area contributed by atoms with Gasteiger partial charge in [-0.15, -0.1) is 0 Å². The standard InChI is InChI=1S/C8H7ClF2N2O2/c9-6-3(1-5(14)15)8(12)13-2-4(6)7(10)11/h2,7H,1H2,(H2,12,13)(H,14,15). The molecule has 0 aliphatic carbocycles. The molecule has 0 atom stereocenters. The molecular weight excluding hydrogens is 230 g/mol. The van der Waals surface area contributed by atoms with Crippen molar-refractivity contribution in [1.29, 1.82) is 0 Å². The topological polar surface area (TPSA) is 76.2 Å². The van der Waals surface area contributed by atoms with Crippen LogP contribution in [0.1, 0.15) is 17.6 Å². The van der Waals surface area contributed by atoms with E-state index in [1.807, 2.05) is 0 Å². The number of pyridine rings is 1. The third-order valence-corrected chi connectivity index (χ3v) is 2.18. The summed E-state index contributed by atoms with van der Waals surface area (Å²) in [4.78, 5) is 13.9. The van der Waals surface area contributed by atoms with Crippen molar-refractivity contribution in [3.05, 3.63) is 22.3 Å². The number of aromatic nitrogens is 1. The number of aliphatic carboxylic acids is 1. The molecule has 0 radical (unpaired) electrons. The van der Waals surface area contributed by atoms with Crippen LogP contribution in [-0.2, 0) is 11.2 Å². The van der Waals surface area contributed by atoms with Crippen molar-refractivity contribution in [2.75, 3.05) is 5.73 Å². The third kappa shape index (κ3) is 2.53. The van der Waals surface area contributed by atoms with Gasteiger partial charge in [-0.25, -0.2) is 13.8 Å². The zero-order valence-corrected chi connectivity index (χ0v) is 8.13. The fourth-order valence-electron chi connectivity index (χ4n) is 1.03. The van der Waals surface area contributed by atoms with Gasteiger partial charge in [0, 0.05) is 11.8 Å². The number of hydrogen-bond acceptors (Lipinski definition) is 3. The summed E-state index contributed by atoms with van der Waals surface area (Å²) < 4.78 is 24.7. The number of carbonyl (C=O) groups is 1. The minimum Gasteiger partial charge on any atom is -0.481 e.